The number of hydrogen-bond donors (Lipinski definition) is 1. The molecule has 1 aliphatic carbocycles. The molecule has 0 aromatic rings. The van der Waals surface area contributed by atoms with Crippen LogP contribution >= 0.6 is 0 Å². The first-order valence-corrected chi connectivity index (χ1v) is 11.4. The molecule has 0 spiro atoms. The lowest BCUT2D eigenvalue weighted by Crippen LogP contribution is -2.46. The van der Waals surface area contributed by atoms with Crippen LogP contribution in [-0.2, 0) is 28.5 Å². The van der Waals surface area contributed by atoms with Gasteiger partial charge >= 0.3 is 11.9 Å². The second kappa shape index (κ2) is 7.73. The number of aliphatic hydroxyl groups is 1. The van der Waals surface area contributed by atoms with Crippen molar-refractivity contribution in [2.45, 2.75) is 78.3 Å². The normalized spacial score (nSPS) is 43.7. The van der Waals surface area contributed by atoms with Gasteiger partial charge in [-0.1, -0.05) is 19.9 Å². The second-order valence-corrected chi connectivity index (χ2v) is 10.2. The summed E-state index contributed by atoms with van der Waals surface area (Å²) >= 11 is 0. The van der Waals surface area contributed by atoms with Crippen molar-refractivity contribution in [2.24, 2.45) is 23.7 Å². The molecule has 0 amide bonds. The molecule has 1 N–H and O–H groups in total. The van der Waals surface area contributed by atoms with Gasteiger partial charge in [0.15, 0.2) is 5.79 Å². The number of esters is 2. The van der Waals surface area contributed by atoms with Crippen molar-refractivity contribution in [3.8, 4) is 0 Å². The van der Waals surface area contributed by atoms with Crippen molar-refractivity contribution >= 4 is 11.9 Å². The molecule has 0 aromatic heterocycles. The van der Waals surface area contributed by atoms with Crippen LogP contribution in [0.3, 0.4) is 0 Å². The summed E-state index contributed by atoms with van der Waals surface area (Å²) in [6.07, 6.45) is 3.42. The van der Waals surface area contributed by atoms with E-state index in [1.807, 2.05) is 20.8 Å². The molecule has 176 valence electrons. The van der Waals surface area contributed by atoms with Gasteiger partial charge in [-0.25, -0.2) is 4.79 Å². The number of fused-ring (bicyclic) bond motifs is 1. The number of carbonyl (C=O) groups is 2. The Morgan fingerprint density at radius 2 is 1.91 bits per heavy atom. The lowest BCUT2D eigenvalue weighted by atomic mass is 9.72. The van der Waals surface area contributed by atoms with Crippen LogP contribution in [0.15, 0.2) is 34.3 Å². The maximum atomic E-state index is 12.8. The number of carbonyl (C=O) groups excluding carboxylic acids is 2. The molecule has 7 heteroatoms. The fourth-order valence-electron chi connectivity index (χ4n) is 5.93. The largest absolute Gasteiger partial charge is 0.490 e. The summed E-state index contributed by atoms with van der Waals surface area (Å²) in [4.78, 5) is 25.5. The first-order chi connectivity index (χ1) is 14.9. The van der Waals surface area contributed by atoms with E-state index in [2.05, 4.69) is 19.9 Å². The van der Waals surface area contributed by atoms with E-state index in [4.69, 9.17) is 18.9 Å². The van der Waals surface area contributed by atoms with Crippen LogP contribution in [-0.4, -0.2) is 41.6 Å². The minimum atomic E-state index is -1.59. The van der Waals surface area contributed by atoms with Crippen LogP contribution in [0.25, 0.3) is 0 Å². The molecule has 0 saturated carbocycles. The van der Waals surface area contributed by atoms with E-state index < -0.39 is 35.3 Å². The molecular formula is C25H34O7. The number of rotatable bonds is 2. The minimum Gasteiger partial charge on any atom is -0.490 e. The standard InChI is InChI=1S/C25H34O7/c1-12(2)16-15-9-8-13(3)20-17-18(25(6,28)31-20)22(26)30-19(17)14(4)10-11-24(15,5)32-23(27)21(16)29-7/h8,12,15,17-18,20,28H,9-11H2,1-7H3/b13-8+,19-14-/t15-,17+,18-,20+,24+,25-/m1/s1. The molecule has 0 bridgehead atoms. The summed E-state index contributed by atoms with van der Waals surface area (Å²) in [5, 5.41) is 10.9. The van der Waals surface area contributed by atoms with Gasteiger partial charge in [0.2, 0.25) is 5.76 Å². The Hall–Kier alpha value is -2.12. The van der Waals surface area contributed by atoms with Crippen LogP contribution in [0, 0.1) is 23.7 Å². The van der Waals surface area contributed by atoms with Crippen LogP contribution in [0.2, 0.25) is 0 Å². The first-order valence-electron chi connectivity index (χ1n) is 11.4. The van der Waals surface area contributed by atoms with Crippen LogP contribution in [0.5, 0.6) is 0 Å². The van der Waals surface area contributed by atoms with Gasteiger partial charge in [0.1, 0.15) is 17.3 Å². The SMILES string of the molecule is COC1=C(C(C)C)[C@H]2C/C=C(\C)[C@@H]3O[C@@](C)(O)[C@H]4C(=O)O/C(=C(/C)CC[C@]2(C)OC1=O)[C@@H]34. The Morgan fingerprint density at radius 1 is 1.22 bits per heavy atom. The van der Waals surface area contributed by atoms with E-state index in [-0.39, 0.29) is 17.8 Å². The van der Waals surface area contributed by atoms with Gasteiger partial charge in [-0.3, -0.25) is 4.79 Å². The van der Waals surface area contributed by atoms with Crippen LogP contribution < -0.4 is 0 Å². The Bertz CT molecular complexity index is 938. The van der Waals surface area contributed by atoms with Crippen molar-refractivity contribution in [1.82, 2.24) is 0 Å². The van der Waals surface area contributed by atoms with E-state index >= 15 is 0 Å². The highest BCUT2D eigenvalue weighted by Gasteiger charge is 2.62. The highest BCUT2D eigenvalue weighted by Crippen LogP contribution is 2.53. The van der Waals surface area contributed by atoms with E-state index in [1.54, 1.807) is 0 Å². The number of methoxy groups -OCH3 is 1. The predicted octanol–water partition coefficient (Wildman–Crippen LogP) is 3.78. The topological polar surface area (TPSA) is 91.3 Å². The van der Waals surface area contributed by atoms with Crippen molar-refractivity contribution < 1.29 is 33.6 Å². The minimum absolute atomic E-state index is 0.0684. The van der Waals surface area contributed by atoms with Gasteiger partial charge < -0.3 is 24.1 Å². The lowest BCUT2D eigenvalue weighted by molar-refractivity contribution is -0.201. The Labute approximate surface area is 189 Å². The number of ether oxygens (including phenoxy) is 4. The van der Waals surface area contributed by atoms with Crippen molar-refractivity contribution in [3.05, 3.63) is 34.3 Å². The lowest BCUT2D eigenvalue weighted by Gasteiger charge is -2.43. The molecule has 2 saturated heterocycles. The third-order valence-electron chi connectivity index (χ3n) is 7.65. The highest BCUT2D eigenvalue weighted by atomic mass is 16.7. The average Bonchev–Trinajstić information content (AvgIpc) is 3.19. The molecule has 4 rings (SSSR count). The van der Waals surface area contributed by atoms with Crippen molar-refractivity contribution in [1.29, 1.82) is 0 Å². The van der Waals surface area contributed by atoms with Crippen molar-refractivity contribution in [2.75, 3.05) is 7.11 Å². The van der Waals surface area contributed by atoms with E-state index in [0.29, 0.717) is 30.8 Å². The van der Waals surface area contributed by atoms with Gasteiger partial charge in [-0.05, 0) is 69.6 Å². The Kier molecular flexibility index (Phi) is 5.57. The monoisotopic (exact) mass is 446 g/mol. The third-order valence-corrected chi connectivity index (χ3v) is 7.65. The van der Waals surface area contributed by atoms with Gasteiger partial charge in [-0.15, -0.1) is 0 Å². The average molecular weight is 447 g/mol. The molecule has 0 unspecified atom stereocenters. The molecule has 3 aliphatic heterocycles. The van der Waals surface area contributed by atoms with Gasteiger partial charge in [0.05, 0.1) is 19.1 Å². The van der Waals surface area contributed by atoms with Crippen LogP contribution in [0.4, 0.5) is 0 Å². The van der Waals surface area contributed by atoms with Gasteiger partial charge in [-0.2, -0.15) is 0 Å². The first kappa shape index (κ1) is 23.1. The fraction of sp³-hybridized carbons (Fsp3) is 0.680. The zero-order valence-corrected chi connectivity index (χ0v) is 20.0. The summed E-state index contributed by atoms with van der Waals surface area (Å²) in [5.41, 5.74) is 2.06. The second-order valence-electron chi connectivity index (χ2n) is 10.2. The molecule has 3 heterocycles. The quantitative estimate of drug-likeness (QED) is 0.510. The maximum absolute atomic E-state index is 12.8. The summed E-state index contributed by atoms with van der Waals surface area (Å²) in [6.45, 7) is 11.5. The predicted molar refractivity (Wildman–Crippen MR) is 116 cm³/mol. The summed E-state index contributed by atoms with van der Waals surface area (Å²) in [6, 6.07) is 0. The summed E-state index contributed by atoms with van der Waals surface area (Å²) in [7, 11) is 1.51. The summed E-state index contributed by atoms with van der Waals surface area (Å²) in [5.74, 6) is -2.68. The number of hydrogen-bond acceptors (Lipinski definition) is 7. The highest BCUT2D eigenvalue weighted by molar-refractivity contribution is 5.89. The summed E-state index contributed by atoms with van der Waals surface area (Å²) < 4.78 is 23.2. The van der Waals surface area contributed by atoms with Crippen LogP contribution in [0.1, 0.15) is 60.8 Å². The van der Waals surface area contributed by atoms with Gasteiger partial charge in [0, 0.05) is 5.92 Å². The van der Waals surface area contributed by atoms with Gasteiger partial charge in [0.25, 0.3) is 0 Å². The van der Waals surface area contributed by atoms with E-state index in [1.165, 1.54) is 14.0 Å². The molecule has 7 nitrogen and oxygen atoms in total. The molecular weight excluding hydrogens is 412 g/mol. The molecule has 2 fully saturated rings. The zero-order chi connectivity index (χ0) is 23.6. The van der Waals surface area contributed by atoms with E-state index in [9.17, 15) is 14.7 Å². The van der Waals surface area contributed by atoms with Crippen molar-refractivity contribution in [3.63, 3.8) is 0 Å². The molecule has 0 radical (unpaired) electrons. The fourth-order valence-corrected chi connectivity index (χ4v) is 5.93. The molecule has 0 aromatic carbocycles. The third kappa shape index (κ3) is 3.41. The smallest absolute Gasteiger partial charge is 0.374 e. The maximum Gasteiger partial charge on any atom is 0.374 e. The number of allylic oxidation sites excluding steroid dienone is 2. The molecule has 4 aliphatic rings. The van der Waals surface area contributed by atoms with E-state index in [0.717, 1.165) is 16.7 Å². The molecule has 32 heavy (non-hydrogen) atoms. The Morgan fingerprint density at radius 3 is 2.53 bits per heavy atom. The zero-order valence-electron chi connectivity index (χ0n) is 20.0. The molecule has 6 atom stereocenters. The Balaban J connectivity index is 1.84.